The second-order valence-corrected chi connectivity index (χ2v) is 9.87. The standard InChI is InChI=1S/C30H28N4OS/c1-21-7-6-8-24(17-21)19-34-28-18-31-16-15-27(28)33-30(34)36-20-23-11-13-26(14-12-23)29(35)32-22(2)25-9-4-3-5-10-25/h3-18,22H,19-20H2,1-2H3,(H,32,35). The molecule has 0 aliphatic heterocycles. The summed E-state index contributed by atoms with van der Waals surface area (Å²) < 4.78 is 2.23. The number of benzene rings is 3. The van der Waals surface area contributed by atoms with Crippen molar-refractivity contribution in [2.75, 3.05) is 0 Å². The zero-order valence-corrected chi connectivity index (χ0v) is 21.2. The first-order valence-electron chi connectivity index (χ1n) is 12.0. The predicted molar refractivity (Wildman–Crippen MR) is 146 cm³/mol. The molecule has 2 aromatic heterocycles. The number of hydrogen-bond donors (Lipinski definition) is 1. The molecule has 2 heterocycles. The Labute approximate surface area is 215 Å². The van der Waals surface area contributed by atoms with Gasteiger partial charge in [0.2, 0.25) is 0 Å². The largest absolute Gasteiger partial charge is 0.346 e. The van der Waals surface area contributed by atoms with Gasteiger partial charge in [-0.15, -0.1) is 0 Å². The number of aromatic nitrogens is 3. The van der Waals surface area contributed by atoms with Crippen LogP contribution >= 0.6 is 11.8 Å². The second kappa shape index (κ2) is 10.8. The second-order valence-electron chi connectivity index (χ2n) is 8.93. The summed E-state index contributed by atoms with van der Waals surface area (Å²) in [6.45, 7) is 4.85. The number of nitrogens with zero attached hydrogens (tertiary/aromatic N) is 3. The Kier molecular flexibility index (Phi) is 7.14. The molecule has 0 saturated carbocycles. The molecule has 1 amide bonds. The summed E-state index contributed by atoms with van der Waals surface area (Å²) in [7, 11) is 0. The SMILES string of the molecule is Cc1cccc(Cn2c(SCc3ccc(C(=O)NC(C)c4ccccc4)cc3)nc3ccncc32)c1. The Bertz CT molecular complexity index is 1480. The Morgan fingerprint density at radius 3 is 2.56 bits per heavy atom. The molecule has 0 aliphatic carbocycles. The topological polar surface area (TPSA) is 59.8 Å². The minimum atomic E-state index is -0.0713. The van der Waals surface area contributed by atoms with Crippen LogP contribution in [-0.4, -0.2) is 20.4 Å². The van der Waals surface area contributed by atoms with Gasteiger partial charge in [0.1, 0.15) is 0 Å². The van der Waals surface area contributed by atoms with Gasteiger partial charge in [0.05, 0.1) is 29.8 Å². The average molecular weight is 493 g/mol. The summed E-state index contributed by atoms with van der Waals surface area (Å²) in [5.41, 5.74) is 7.33. The number of pyridine rings is 1. The van der Waals surface area contributed by atoms with Gasteiger partial charge >= 0.3 is 0 Å². The van der Waals surface area contributed by atoms with Gasteiger partial charge < -0.3 is 9.88 Å². The lowest BCUT2D eigenvalue weighted by Gasteiger charge is -2.14. The summed E-state index contributed by atoms with van der Waals surface area (Å²) in [6, 6.07) is 28.3. The minimum absolute atomic E-state index is 0.0511. The van der Waals surface area contributed by atoms with Gasteiger partial charge in [-0.1, -0.05) is 84.1 Å². The lowest BCUT2D eigenvalue weighted by atomic mass is 10.1. The zero-order valence-electron chi connectivity index (χ0n) is 20.4. The van der Waals surface area contributed by atoms with Crippen molar-refractivity contribution in [3.8, 4) is 0 Å². The maximum atomic E-state index is 12.7. The Balaban J connectivity index is 1.28. The van der Waals surface area contributed by atoms with Gasteiger partial charge in [-0.05, 0) is 48.7 Å². The van der Waals surface area contributed by atoms with Crippen LogP contribution in [0.15, 0.2) is 102 Å². The number of fused-ring (bicyclic) bond motifs is 1. The molecule has 1 atom stereocenters. The van der Waals surface area contributed by atoms with Crippen LogP contribution in [0, 0.1) is 6.92 Å². The monoisotopic (exact) mass is 492 g/mol. The Morgan fingerprint density at radius 1 is 0.972 bits per heavy atom. The highest BCUT2D eigenvalue weighted by atomic mass is 32.2. The van der Waals surface area contributed by atoms with E-state index in [9.17, 15) is 4.79 Å². The van der Waals surface area contributed by atoms with E-state index in [1.807, 2.05) is 73.8 Å². The van der Waals surface area contributed by atoms with E-state index in [1.54, 1.807) is 18.0 Å². The number of amides is 1. The number of hydrogen-bond acceptors (Lipinski definition) is 4. The van der Waals surface area contributed by atoms with Crippen molar-refractivity contribution in [2.24, 2.45) is 0 Å². The summed E-state index contributed by atoms with van der Waals surface area (Å²) in [5.74, 6) is 0.686. The molecule has 0 aliphatic rings. The van der Waals surface area contributed by atoms with Crippen molar-refractivity contribution < 1.29 is 4.79 Å². The van der Waals surface area contributed by atoms with Crippen molar-refractivity contribution in [1.29, 1.82) is 0 Å². The molecule has 0 saturated heterocycles. The fraction of sp³-hybridized carbons (Fsp3) is 0.167. The molecule has 1 N–H and O–H groups in total. The van der Waals surface area contributed by atoms with Crippen LogP contribution in [0.4, 0.5) is 0 Å². The van der Waals surface area contributed by atoms with Crippen molar-refractivity contribution in [3.05, 3.63) is 125 Å². The predicted octanol–water partition coefficient (Wildman–Crippen LogP) is 6.57. The van der Waals surface area contributed by atoms with Gasteiger partial charge in [-0.3, -0.25) is 9.78 Å². The smallest absolute Gasteiger partial charge is 0.251 e. The molecule has 0 radical (unpaired) electrons. The molecule has 0 spiro atoms. The number of carbonyl (C=O) groups is 1. The first-order chi connectivity index (χ1) is 17.6. The third-order valence-corrected chi connectivity index (χ3v) is 7.22. The third-order valence-electron chi connectivity index (χ3n) is 6.17. The molecule has 5 aromatic rings. The van der Waals surface area contributed by atoms with E-state index in [4.69, 9.17) is 4.98 Å². The number of carbonyl (C=O) groups excluding carboxylic acids is 1. The fourth-order valence-corrected chi connectivity index (χ4v) is 5.18. The van der Waals surface area contributed by atoms with Crippen LogP contribution < -0.4 is 5.32 Å². The number of rotatable bonds is 8. The van der Waals surface area contributed by atoms with Gasteiger partial charge in [-0.25, -0.2) is 4.98 Å². The highest BCUT2D eigenvalue weighted by molar-refractivity contribution is 7.98. The van der Waals surface area contributed by atoms with Gasteiger partial charge in [0, 0.05) is 17.5 Å². The molecule has 1 unspecified atom stereocenters. The van der Waals surface area contributed by atoms with E-state index in [1.165, 1.54) is 11.1 Å². The molecular formula is C30H28N4OS. The maximum absolute atomic E-state index is 12.7. The van der Waals surface area contributed by atoms with Crippen LogP contribution in [0.2, 0.25) is 0 Å². The molecule has 180 valence electrons. The minimum Gasteiger partial charge on any atom is -0.346 e. The highest BCUT2D eigenvalue weighted by Gasteiger charge is 2.14. The molecule has 3 aromatic carbocycles. The van der Waals surface area contributed by atoms with Gasteiger partial charge in [0.25, 0.3) is 5.91 Å². The van der Waals surface area contributed by atoms with E-state index >= 15 is 0 Å². The molecule has 6 heteroatoms. The zero-order chi connectivity index (χ0) is 24.9. The van der Waals surface area contributed by atoms with Crippen LogP contribution in [0.1, 0.15) is 45.6 Å². The van der Waals surface area contributed by atoms with Crippen molar-refractivity contribution in [1.82, 2.24) is 19.9 Å². The Hall–Kier alpha value is -3.90. The van der Waals surface area contributed by atoms with E-state index in [0.29, 0.717) is 5.56 Å². The summed E-state index contributed by atoms with van der Waals surface area (Å²) >= 11 is 1.70. The van der Waals surface area contributed by atoms with E-state index in [2.05, 4.69) is 46.1 Å². The van der Waals surface area contributed by atoms with Crippen LogP contribution in [-0.2, 0) is 12.3 Å². The van der Waals surface area contributed by atoms with Crippen LogP contribution in [0.25, 0.3) is 11.0 Å². The number of nitrogens with one attached hydrogen (secondary N) is 1. The quantitative estimate of drug-likeness (QED) is 0.249. The number of aryl methyl sites for hydroxylation is 1. The van der Waals surface area contributed by atoms with Crippen LogP contribution in [0.5, 0.6) is 0 Å². The van der Waals surface area contributed by atoms with Crippen molar-refractivity contribution in [3.63, 3.8) is 0 Å². The van der Waals surface area contributed by atoms with Crippen LogP contribution in [0.3, 0.4) is 0 Å². The number of imidazole rings is 1. The molecular weight excluding hydrogens is 464 g/mol. The number of thioether (sulfide) groups is 1. The van der Waals surface area contributed by atoms with Gasteiger partial charge in [-0.2, -0.15) is 0 Å². The molecule has 5 rings (SSSR count). The Morgan fingerprint density at radius 2 is 1.78 bits per heavy atom. The summed E-state index contributed by atoms with van der Waals surface area (Å²) in [4.78, 5) is 21.9. The highest BCUT2D eigenvalue weighted by Crippen LogP contribution is 2.28. The molecule has 36 heavy (non-hydrogen) atoms. The molecule has 0 bridgehead atoms. The van der Waals surface area contributed by atoms with E-state index < -0.39 is 0 Å². The fourth-order valence-electron chi connectivity index (χ4n) is 4.21. The average Bonchev–Trinajstić information content (AvgIpc) is 3.25. The van der Waals surface area contributed by atoms with E-state index in [0.717, 1.165) is 39.6 Å². The summed E-state index contributed by atoms with van der Waals surface area (Å²) in [6.07, 6.45) is 3.66. The van der Waals surface area contributed by atoms with Crippen molar-refractivity contribution in [2.45, 2.75) is 37.3 Å². The molecule has 0 fully saturated rings. The van der Waals surface area contributed by atoms with Gasteiger partial charge in [0.15, 0.2) is 5.16 Å². The van der Waals surface area contributed by atoms with E-state index in [-0.39, 0.29) is 11.9 Å². The normalized spacial score (nSPS) is 11.9. The maximum Gasteiger partial charge on any atom is 0.251 e. The first-order valence-corrected chi connectivity index (χ1v) is 13.0. The lowest BCUT2D eigenvalue weighted by molar-refractivity contribution is 0.0940. The molecule has 5 nitrogen and oxygen atoms in total. The first kappa shape index (κ1) is 23.8. The third kappa shape index (κ3) is 5.50. The summed E-state index contributed by atoms with van der Waals surface area (Å²) in [5, 5.41) is 4.03. The lowest BCUT2D eigenvalue weighted by Crippen LogP contribution is -2.26. The van der Waals surface area contributed by atoms with Crippen molar-refractivity contribution >= 4 is 28.7 Å².